The zero-order chi connectivity index (χ0) is 13.8. The minimum atomic E-state index is 0.799. The Morgan fingerprint density at radius 2 is 2.10 bits per heavy atom. The highest BCUT2D eigenvalue weighted by Crippen LogP contribution is 2.20. The standard InChI is InChI=1S/C15H14ClN3S/c16-13-8-15(20-11-13)9-17-14-4-2-12(3-5-14)10-19-7-1-6-18-19/h1-8,11,17H,9-10H2. The molecule has 2 heterocycles. The first-order chi connectivity index (χ1) is 9.79. The lowest BCUT2D eigenvalue weighted by Gasteiger charge is -2.07. The molecule has 1 aromatic carbocycles. The van der Waals surface area contributed by atoms with E-state index in [4.69, 9.17) is 11.6 Å². The lowest BCUT2D eigenvalue weighted by Crippen LogP contribution is -2.01. The molecule has 0 aliphatic rings. The average Bonchev–Trinajstić information content (AvgIpc) is 3.10. The number of hydrogen-bond acceptors (Lipinski definition) is 3. The van der Waals surface area contributed by atoms with Gasteiger partial charge in [-0.25, -0.2) is 0 Å². The minimum absolute atomic E-state index is 0.799. The van der Waals surface area contributed by atoms with Crippen molar-refractivity contribution in [2.75, 3.05) is 5.32 Å². The van der Waals surface area contributed by atoms with Gasteiger partial charge in [-0.15, -0.1) is 11.3 Å². The fraction of sp³-hybridized carbons (Fsp3) is 0.133. The Labute approximate surface area is 126 Å². The van der Waals surface area contributed by atoms with Crippen molar-refractivity contribution < 1.29 is 0 Å². The van der Waals surface area contributed by atoms with E-state index in [1.54, 1.807) is 17.5 Å². The molecule has 5 heteroatoms. The van der Waals surface area contributed by atoms with Crippen molar-refractivity contribution in [3.05, 3.63) is 69.6 Å². The summed E-state index contributed by atoms with van der Waals surface area (Å²) >= 11 is 7.57. The maximum Gasteiger partial charge on any atom is 0.0659 e. The molecule has 2 aromatic heterocycles. The van der Waals surface area contributed by atoms with E-state index in [1.807, 2.05) is 28.4 Å². The molecule has 0 radical (unpaired) electrons. The first-order valence-corrected chi connectivity index (χ1v) is 7.58. The molecule has 0 saturated carbocycles. The molecule has 102 valence electrons. The van der Waals surface area contributed by atoms with E-state index in [9.17, 15) is 0 Å². The zero-order valence-corrected chi connectivity index (χ0v) is 12.4. The van der Waals surface area contributed by atoms with E-state index in [-0.39, 0.29) is 0 Å². The number of rotatable bonds is 5. The number of anilines is 1. The van der Waals surface area contributed by atoms with Crippen molar-refractivity contribution in [1.82, 2.24) is 9.78 Å². The van der Waals surface area contributed by atoms with Gasteiger partial charge < -0.3 is 5.32 Å². The predicted molar refractivity (Wildman–Crippen MR) is 84.4 cm³/mol. The molecule has 0 fully saturated rings. The van der Waals surface area contributed by atoms with Crippen molar-refractivity contribution in [2.45, 2.75) is 13.1 Å². The third kappa shape index (κ3) is 3.40. The Morgan fingerprint density at radius 1 is 1.25 bits per heavy atom. The van der Waals surface area contributed by atoms with Gasteiger partial charge in [0.2, 0.25) is 0 Å². The topological polar surface area (TPSA) is 29.9 Å². The van der Waals surface area contributed by atoms with Gasteiger partial charge >= 0.3 is 0 Å². The third-order valence-electron chi connectivity index (χ3n) is 2.95. The van der Waals surface area contributed by atoms with Gasteiger partial charge in [-0.1, -0.05) is 23.7 Å². The van der Waals surface area contributed by atoms with E-state index >= 15 is 0 Å². The molecule has 0 unspecified atom stereocenters. The third-order valence-corrected chi connectivity index (χ3v) is 4.23. The van der Waals surface area contributed by atoms with Crippen molar-refractivity contribution in [1.29, 1.82) is 0 Å². The molecule has 20 heavy (non-hydrogen) atoms. The summed E-state index contributed by atoms with van der Waals surface area (Å²) < 4.78 is 1.91. The lowest BCUT2D eigenvalue weighted by atomic mass is 10.2. The van der Waals surface area contributed by atoms with Crippen LogP contribution in [-0.4, -0.2) is 9.78 Å². The quantitative estimate of drug-likeness (QED) is 0.763. The van der Waals surface area contributed by atoms with E-state index in [2.05, 4.69) is 34.7 Å². The van der Waals surface area contributed by atoms with Crippen molar-refractivity contribution in [2.24, 2.45) is 0 Å². The van der Waals surface area contributed by atoms with Gasteiger partial charge in [0, 0.05) is 34.9 Å². The number of benzene rings is 1. The normalized spacial score (nSPS) is 10.7. The second kappa shape index (κ2) is 6.11. The zero-order valence-electron chi connectivity index (χ0n) is 10.8. The van der Waals surface area contributed by atoms with Gasteiger partial charge in [-0.2, -0.15) is 5.10 Å². The lowest BCUT2D eigenvalue weighted by molar-refractivity contribution is 0.687. The molecule has 0 spiro atoms. The Morgan fingerprint density at radius 3 is 2.75 bits per heavy atom. The summed E-state index contributed by atoms with van der Waals surface area (Å²) in [4.78, 5) is 1.23. The maximum absolute atomic E-state index is 5.90. The van der Waals surface area contributed by atoms with Crippen LogP contribution in [-0.2, 0) is 13.1 Å². The summed E-state index contributed by atoms with van der Waals surface area (Å²) in [7, 11) is 0. The molecular formula is C15H14ClN3S. The number of nitrogens with zero attached hydrogens (tertiary/aromatic N) is 2. The number of nitrogens with one attached hydrogen (secondary N) is 1. The smallest absolute Gasteiger partial charge is 0.0659 e. The second-order valence-corrected chi connectivity index (χ2v) is 5.92. The molecule has 0 amide bonds. The maximum atomic E-state index is 5.90. The Bertz CT molecular complexity index is 659. The first kappa shape index (κ1) is 13.2. The van der Waals surface area contributed by atoms with Crippen LogP contribution in [0.1, 0.15) is 10.4 Å². The Hall–Kier alpha value is -1.78. The van der Waals surface area contributed by atoms with Crippen LogP contribution in [0.2, 0.25) is 5.02 Å². The highest BCUT2D eigenvalue weighted by Gasteiger charge is 1.99. The fourth-order valence-electron chi connectivity index (χ4n) is 1.94. The number of hydrogen-bond donors (Lipinski definition) is 1. The van der Waals surface area contributed by atoms with E-state index in [0.717, 1.165) is 23.8 Å². The first-order valence-electron chi connectivity index (χ1n) is 6.33. The average molecular weight is 304 g/mol. The fourth-order valence-corrected chi connectivity index (χ4v) is 2.96. The van der Waals surface area contributed by atoms with Gasteiger partial charge in [-0.05, 0) is 29.8 Å². The van der Waals surface area contributed by atoms with Crippen LogP contribution < -0.4 is 5.32 Å². The summed E-state index contributed by atoms with van der Waals surface area (Å²) in [6, 6.07) is 12.3. The molecule has 0 saturated heterocycles. The molecule has 1 N–H and O–H groups in total. The van der Waals surface area contributed by atoms with Gasteiger partial charge in [0.25, 0.3) is 0 Å². The summed E-state index contributed by atoms with van der Waals surface area (Å²) in [5, 5.41) is 10.3. The second-order valence-electron chi connectivity index (χ2n) is 4.49. The number of aromatic nitrogens is 2. The van der Waals surface area contributed by atoms with Crippen LogP contribution >= 0.6 is 22.9 Å². The van der Waals surface area contributed by atoms with Crippen LogP contribution in [0.5, 0.6) is 0 Å². The summed E-state index contributed by atoms with van der Waals surface area (Å²) in [6.45, 7) is 1.60. The molecule has 3 rings (SSSR count). The van der Waals surface area contributed by atoms with Crippen LogP contribution in [0.3, 0.4) is 0 Å². The monoisotopic (exact) mass is 303 g/mol. The molecule has 0 aliphatic heterocycles. The molecule has 3 aromatic rings. The van der Waals surface area contributed by atoms with Crippen LogP contribution in [0.4, 0.5) is 5.69 Å². The predicted octanol–water partition coefficient (Wildman–Crippen LogP) is 4.26. The van der Waals surface area contributed by atoms with Crippen molar-refractivity contribution in [3.8, 4) is 0 Å². The highest BCUT2D eigenvalue weighted by atomic mass is 35.5. The number of thiophene rings is 1. The summed E-state index contributed by atoms with van der Waals surface area (Å²) in [5.41, 5.74) is 2.34. The SMILES string of the molecule is Clc1csc(CNc2ccc(Cn3cccn3)cc2)c1. The van der Waals surface area contributed by atoms with E-state index < -0.39 is 0 Å². The van der Waals surface area contributed by atoms with Gasteiger partial charge in [0.1, 0.15) is 0 Å². The summed E-state index contributed by atoms with van der Waals surface area (Å²) in [6.07, 6.45) is 3.76. The minimum Gasteiger partial charge on any atom is -0.380 e. The van der Waals surface area contributed by atoms with Gasteiger partial charge in [0.15, 0.2) is 0 Å². The van der Waals surface area contributed by atoms with Crippen molar-refractivity contribution >= 4 is 28.6 Å². The van der Waals surface area contributed by atoms with Gasteiger partial charge in [0.05, 0.1) is 11.6 Å². The van der Waals surface area contributed by atoms with Crippen LogP contribution in [0.25, 0.3) is 0 Å². The van der Waals surface area contributed by atoms with Crippen molar-refractivity contribution in [3.63, 3.8) is 0 Å². The summed E-state index contributed by atoms with van der Waals surface area (Å²) in [5.74, 6) is 0. The van der Waals surface area contributed by atoms with E-state index in [0.29, 0.717) is 0 Å². The molecule has 3 nitrogen and oxygen atoms in total. The Balaban J connectivity index is 1.58. The van der Waals surface area contributed by atoms with E-state index in [1.165, 1.54) is 10.4 Å². The molecule has 0 aliphatic carbocycles. The number of halogens is 1. The van der Waals surface area contributed by atoms with Crippen LogP contribution in [0.15, 0.2) is 54.2 Å². The molecule has 0 bridgehead atoms. The molecule has 0 atom stereocenters. The largest absolute Gasteiger partial charge is 0.380 e. The highest BCUT2D eigenvalue weighted by molar-refractivity contribution is 7.10. The molecular weight excluding hydrogens is 290 g/mol. The van der Waals surface area contributed by atoms with Gasteiger partial charge in [-0.3, -0.25) is 4.68 Å². The van der Waals surface area contributed by atoms with Crippen LogP contribution in [0, 0.1) is 0 Å². The Kier molecular flexibility index (Phi) is 4.04.